The minimum absolute atomic E-state index is 0.0437. The number of carbonyl (C=O) groups excluding carboxylic acids is 3. The van der Waals surface area contributed by atoms with Gasteiger partial charge in [-0.3, -0.25) is 14.4 Å². The molecule has 2 saturated heterocycles. The molecule has 0 radical (unpaired) electrons. The van der Waals surface area contributed by atoms with Gasteiger partial charge in [-0.05, 0) is 56.6 Å². The second-order valence-corrected chi connectivity index (χ2v) is 15.4. The van der Waals surface area contributed by atoms with Crippen molar-refractivity contribution in [3.05, 3.63) is 54.6 Å². The molecule has 6 atom stereocenters. The third-order valence-electron chi connectivity index (χ3n) is 9.99. The van der Waals surface area contributed by atoms with E-state index in [1.807, 2.05) is 80.3 Å². The Labute approximate surface area is 263 Å². The van der Waals surface area contributed by atoms with E-state index in [2.05, 4.69) is 34.6 Å². The first-order chi connectivity index (χ1) is 20.6. The standard InChI is InChI=1S/C36H51N3O5/c1-9-35-17-13-19-37(25-15-11-10-12-16-25)30(41)27(35)28-31(42)39(26(22-40)21-24(2)3)29-32(43)38(20-14-18-36(28,29)44-35)34(7,8)23-33(4,5)6/h10-18,24,26-29,40H,9,19-23H2,1-8H3/t26-,27+,28+,29?,35-,36+/m1/s1. The fraction of sp³-hybridized carbons (Fsp3) is 0.639. The number of nitrogens with zero attached hydrogens (tertiary/aromatic N) is 3. The Kier molecular flexibility index (Phi) is 8.43. The molecular weight excluding hydrogens is 554 g/mol. The number of ether oxygens (including phenoxy) is 1. The van der Waals surface area contributed by atoms with Gasteiger partial charge in [0, 0.05) is 24.3 Å². The Morgan fingerprint density at radius 3 is 2.18 bits per heavy atom. The van der Waals surface area contributed by atoms with Crippen LogP contribution < -0.4 is 4.90 Å². The number of fused-ring (bicyclic) bond motifs is 2. The molecule has 1 N–H and O–H groups in total. The average molecular weight is 606 g/mol. The minimum Gasteiger partial charge on any atom is -0.394 e. The largest absolute Gasteiger partial charge is 0.394 e. The van der Waals surface area contributed by atoms with Crippen molar-refractivity contribution in [3.63, 3.8) is 0 Å². The summed E-state index contributed by atoms with van der Waals surface area (Å²) in [5.74, 6) is -2.25. The third-order valence-corrected chi connectivity index (χ3v) is 9.99. The fourth-order valence-corrected chi connectivity index (χ4v) is 8.69. The van der Waals surface area contributed by atoms with Crippen molar-refractivity contribution in [1.82, 2.24) is 9.80 Å². The molecule has 5 rings (SSSR count). The second-order valence-electron chi connectivity index (χ2n) is 15.4. The summed E-state index contributed by atoms with van der Waals surface area (Å²) in [6.45, 7) is 17.2. The van der Waals surface area contributed by atoms with Crippen LogP contribution in [0.3, 0.4) is 0 Å². The molecule has 3 amide bonds. The van der Waals surface area contributed by atoms with Crippen LogP contribution in [0.25, 0.3) is 0 Å². The highest BCUT2D eigenvalue weighted by atomic mass is 16.5. The van der Waals surface area contributed by atoms with E-state index in [1.54, 1.807) is 9.80 Å². The predicted octanol–water partition coefficient (Wildman–Crippen LogP) is 4.97. The average Bonchev–Trinajstić information content (AvgIpc) is 3.23. The number of benzene rings is 1. The number of para-hydroxylation sites is 1. The molecular formula is C36H51N3O5. The number of rotatable bonds is 8. The van der Waals surface area contributed by atoms with Gasteiger partial charge in [0.2, 0.25) is 17.7 Å². The molecule has 0 bridgehead atoms. The van der Waals surface area contributed by atoms with E-state index in [-0.39, 0.29) is 35.7 Å². The van der Waals surface area contributed by atoms with Crippen LogP contribution in [0.2, 0.25) is 0 Å². The lowest BCUT2D eigenvalue weighted by Gasteiger charge is -2.46. The number of likely N-dealkylation sites (tertiary alicyclic amines) is 1. The molecule has 0 aliphatic carbocycles. The van der Waals surface area contributed by atoms with Gasteiger partial charge in [-0.15, -0.1) is 0 Å². The van der Waals surface area contributed by atoms with Gasteiger partial charge < -0.3 is 24.5 Å². The maximum atomic E-state index is 15.0. The molecule has 240 valence electrons. The lowest BCUT2D eigenvalue weighted by Crippen LogP contribution is -2.62. The van der Waals surface area contributed by atoms with Gasteiger partial charge in [0.1, 0.15) is 11.6 Å². The summed E-state index contributed by atoms with van der Waals surface area (Å²) in [6, 6.07) is 7.91. The molecule has 1 spiro atoms. The van der Waals surface area contributed by atoms with E-state index in [9.17, 15) is 14.7 Å². The van der Waals surface area contributed by atoms with E-state index in [0.29, 0.717) is 25.9 Å². The van der Waals surface area contributed by atoms with Crippen LogP contribution in [0.1, 0.15) is 74.7 Å². The SMILES string of the molecule is CC[C@@]12C=CCN(c3ccccc3)C(=O)[C@@H]1[C@H]1C(=O)N([C@@H](CO)CC(C)C)C3C(=O)N(C(C)(C)CC(C)(C)C)CC=C[C@@]31O2. The first-order valence-corrected chi connectivity index (χ1v) is 16.3. The number of hydrogen-bond acceptors (Lipinski definition) is 5. The van der Waals surface area contributed by atoms with Crippen molar-refractivity contribution >= 4 is 23.4 Å². The molecule has 4 aliphatic heterocycles. The van der Waals surface area contributed by atoms with Crippen molar-refractivity contribution in [2.45, 2.75) is 103 Å². The molecule has 8 heteroatoms. The van der Waals surface area contributed by atoms with Crippen molar-refractivity contribution < 1.29 is 24.2 Å². The van der Waals surface area contributed by atoms with Crippen LogP contribution in [-0.4, -0.2) is 81.1 Å². The van der Waals surface area contributed by atoms with E-state index in [1.165, 1.54) is 0 Å². The summed E-state index contributed by atoms with van der Waals surface area (Å²) < 4.78 is 7.15. The first kappa shape index (κ1) is 32.4. The lowest BCUT2D eigenvalue weighted by atomic mass is 9.72. The number of amides is 3. The maximum absolute atomic E-state index is 15.0. The van der Waals surface area contributed by atoms with E-state index < -0.39 is 40.7 Å². The van der Waals surface area contributed by atoms with E-state index in [0.717, 1.165) is 12.1 Å². The maximum Gasteiger partial charge on any atom is 0.249 e. The van der Waals surface area contributed by atoms with Gasteiger partial charge in [0.25, 0.3) is 0 Å². The van der Waals surface area contributed by atoms with Crippen molar-refractivity contribution in [3.8, 4) is 0 Å². The number of hydrogen-bond donors (Lipinski definition) is 1. The number of aliphatic hydroxyl groups is 1. The van der Waals surface area contributed by atoms with Crippen molar-refractivity contribution in [2.75, 3.05) is 24.6 Å². The van der Waals surface area contributed by atoms with E-state index >= 15 is 4.79 Å². The summed E-state index contributed by atoms with van der Waals surface area (Å²) in [5, 5.41) is 10.7. The van der Waals surface area contributed by atoms with Crippen molar-refractivity contribution in [1.29, 1.82) is 0 Å². The van der Waals surface area contributed by atoms with E-state index in [4.69, 9.17) is 4.74 Å². The lowest BCUT2D eigenvalue weighted by molar-refractivity contribution is -0.159. The summed E-state index contributed by atoms with van der Waals surface area (Å²) >= 11 is 0. The van der Waals surface area contributed by atoms with Gasteiger partial charge in [0.15, 0.2) is 0 Å². The van der Waals surface area contributed by atoms with Crippen molar-refractivity contribution in [2.24, 2.45) is 23.2 Å². The van der Waals surface area contributed by atoms with Gasteiger partial charge in [-0.25, -0.2) is 0 Å². The van der Waals surface area contributed by atoms with Crippen LogP contribution in [0.5, 0.6) is 0 Å². The van der Waals surface area contributed by atoms with Crippen LogP contribution in [0.15, 0.2) is 54.6 Å². The van der Waals surface area contributed by atoms with Crippen LogP contribution in [-0.2, 0) is 19.1 Å². The monoisotopic (exact) mass is 605 g/mol. The number of aliphatic hydroxyl groups excluding tert-OH is 1. The zero-order valence-electron chi connectivity index (χ0n) is 27.7. The van der Waals surface area contributed by atoms with Gasteiger partial charge >= 0.3 is 0 Å². The van der Waals surface area contributed by atoms with Gasteiger partial charge in [-0.1, -0.05) is 84.0 Å². The number of carbonyl (C=O) groups is 3. The summed E-state index contributed by atoms with van der Waals surface area (Å²) in [6.07, 6.45) is 9.54. The third kappa shape index (κ3) is 5.22. The predicted molar refractivity (Wildman–Crippen MR) is 172 cm³/mol. The molecule has 8 nitrogen and oxygen atoms in total. The Morgan fingerprint density at radius 1 is 0.932 bits per heavy atom. The summed E-state index contributed by atoms with van der Waals surface area (Å²) in [4.78, 5) is 49.8. The van der Waals surface area contributed by atoms with Gasteiger partial charge in [0.05, 0.1) is 30.1 Å². The smallest absolute Gasteiger partial charge is 0.249 e. The quantitative estimate of drug-likeness (QED) is 0.423. The summed E-state index contributed by atoms with van der Waals surface area (Å²) in [7, 11) is 0. The molecule has 44 heavy (non-hydrogen) atoms. The molecule has 4 heterocycles. The van der Waals surface area contributed by atoms with Gasteiger partial charge in [-0.2, -0.15) is 0 Å². The van der Waals surface area contributed by atoms with Crippen LogP contribution in [0, 0.1) is 23.2 Å². The Bertz CT molecular complexity index is 1330. The first-order valence-electron chi connectivity index (χ1n) is 16.3. The fourth-order valence-electron chi connectivity index (χ4n) is 8.69. The zero-order valence-corrected chi connectivity index (χ0v) is 27.7. The molecule has 1 unspecified atom stereocenters. The van der Waals surface area contributed by atoms with Crippen LogP contribution >= 0.6 is 0 Å². The molecule has 0 aromatic heterocycles. The Balaban J connectivity index is 1.69. The molecule has 2 fully saturated rings. The number of anilines is 1. The zero-order chi connectivity index (χ0) is 32.2. The highest BCUT2D eigenvalue weighted by molar-refractivity contribution is 6.04. The Morgan fingerprint density at radius 2 is 1.59 bits per heavy atom. The Hall–Kier alpha value is -2.97. The molecule has 4 aliphatic rings. The highest BCUT2D eigenvalue weighted by Crippen LogP contribution is 2.59. The highest BCUT2D eigenvalue weighted by Gasteiger charge is 2.76. The minimum atomic E-state index is -1.36. The normalized spacial score (nSPS) is 31.3. The van der Waals surface area contributed by atoms with Crippen LogP contribution in [0.4, 0.5) is 5.69 Å². The topological polar surface area (TPSA) is 90.4 Å². The molecule has 1 aromatic carbocycles. The molecule has 1 aromatic rings. The molecule has 0 saturated carbocycles. The second kappa shape index (κ2) is 11.4. The summed E-state index contributed by atoms with van der Waals surface area (Å²) in [5.41, 5.74) is -2.22.